The van der Waals surface area contributed by atoms with Crippen LogP contribution in [0.5, 0.6) is 0 Å². The molecular weight excluding hydrogens is 388 g/mol. The molecule has 0 aliphatic carbocycles. The second-order valence-electron chi connectivity index (χ2n) is 7.37. The van der Waals surface area contributed by atoms with Gasteiger partial charge in [0.15, 0.2) is 0 Å². The van der Waals surface area contributed by atoms with Crippen LogP contribution in [0.1, 0.15) is 38.1 Å². The summed E-state index contributed by atoms with van der Waals surface area (Å²) in [4.78, 5) is 45.3. The molecule has 3 aromatic rings. The molecule has 30 heavy (non-hydrogen) atoms. The summed E-state index contributed by atoms with van der Waals surface area (Å²) in [5, 5.41) is 2.83. The van der Waals surface area contributed by atoms with Crippen molar-refractivity contribution >= 4 is 28.9 Å². The third-order valence-electron chi connectivity index (χ3n) is 3.91. The van der Waals surface area contributed by atoms with Crippen LogP contribution in [0, 0.1) is 0 Å². The monoisotopic (exact) mass is 410 g/mol. The summed E-state index contributed by atoms with van der Waals surface area (Å²) in [7, 11) is 0. The second kappa shape index (κ2) is 8.32. The number of carbonyl (C=O) groups is 2. The molecule has 3 aromatic heterocycles. The molecule has 0 spiro atoms. The maximum Gasteiger partial charge on any atom is 0.413 e. The number of aromatic nitrogens is 3. The third kappa shape index (κ3) is 4.62. The Labute approximate surface area is 172 Å². The third-order valence-corrected chi connectivity index (χ3v) is 3.91. The van der Waals surface area contributed by atoms with Crippen molar-refractivity contribution in [3.63, 3.8) is 0 Å². The first kappa shape index (κ1) is 21.0. The smallest absolute Gasteiger partial charge is 0.413 e. The van der Waals surface area contributed by atoms with E-state index in [1.807, 2.05) is 0 Å². The zero-order valence-corrected chi connectivity index (χ0v) is 17.1. The Morgan fingerprint density at radius 3 is 2.57 bits per heavy atom. The normalized spacial score (nSPS) is 11.2. The number of pyridine rings is 3. The Kier molecular flexibility index (Phi) is 5.81. The maximum atomic E-state index is 12.7. The van der Waals surface area contributed by atoms with Gasteiger partial charge in [-0.2, -0.15) is 0 Å². The van der Waals surface area contributed by atoms with Crippen molar-refractivity contribution in [2.24, 2.45) is 0 Å². The fourth-order valence-electron chi connectivity index (χ4n) is 2.72. The van der Waals surface area contributed by atoms with Gasteiger partial charge in [0, 0.05) is 12.4 Å². The number of esters is 1. The first-order valence-corrected chi connectivity index (χ1v) is 9.33. The molecule has 0 saturated heterocycles. The average molecular weight is 410 g/mol. The minimum Gasteiger partial charge on any atom is -0.462 e. The Morgan fingerprint density at radius 2 is 1.93 bits per heavy atom. The van der Waals surface area contributed by atoms with Crippen LogP contribution in [0.2, 0.25) is 0 Å². The van der Waals surface area contributed by atoms with Crippen LogP contribution in [0.15, 0.2) is 47.7 Å². The van der Waals surface area contributed by atoms with Crippen LogP contribution >= 0.6 is 0 Å². The molecule has 156 valence electrons. The summed E-state index contributed by atoms with van der Waals surface area (Å²) in [6, 6.07) is 6.47. The largest absolute Gasteiger partial charge is 0.462 e. The van der Waals surface area contributed by atoms with E-state index in [0.717, 1.165) is 0 Å². The molecule has 1 N–H and O–H groups in total. The summed E-state index contributed by atoms with van der Waals surface area (Å²) in [5.74, 6) is -0.421. The summed E-state index contributed by atoms with van der Waals surface area (Å²) >= 11 is 0. The van der Waals surface area contributed by atoms with E-state index in [-0.39, 0.29) is 23.4 Å². The number of nitrogens with one attached hydrogen (secondary N) is 1. The molecular formula is C21H22N4O5. The van der Waals surface area contributed by atoms with Crippen LogP contribution in [0.4, 0.5) is 10.6 Å². The van der Waals surface area contributed by atoms with Gasteiger partial charge in [-0.1, -0.05) is 0 Å². The topological polar surface area (TPSA) is 112 Å². The predicted molar refractivity (Wildman–Crippen MR) is 111 cm³/mol. The molecule has 0 radical (unpaired) electrons. The van der Waals surface area contributed by atoms with Crippen molar-refractivity contribution in [1.82, 2.24) is 14.5 Å². The maximum absolute atomic E-state index is 12.7. The molecule has 1 amide bonds. The van der Waals surface area contributed by atoms with Gasteiger partial charge in [0.1, 0.15) is 22.6 Å². The van der Waals surface area contributed by atoms with Crippen LogP contribution < -0.4 is 10.7 Å². The molecule has 0 atom stereocenters. The number of hydrogen-bond acceptors (Lipinski definition) is 7. The summed E-state index contributed by atoms with van der Waals surface area (Å²) < 4.78 is 11.8. The van der Waals surface area contributed by atoms with Crippen molar-refractivity contribution in [1.29, 1.82) is 0 Å². The Bertz CT molecular complexity index is 1150. The van der Waals surface area contributed by atoms with Gasteiger partial charge < -0.3 is 9.47 Å². The van der Waals surface area contributed by atoms with Crippen molar-refractivity contribution in [3.8, 4) is 5.69 Å². The lowest BCUT2D eigenvalue weighted by atomic mass is 10.2. The molecule has 0 bridgehead atoms. The highest BCUT2D eigenvalue weighted by Crippen LogP contribution is 2.17. The Balaban J connectivity index is 2.00. The molecule has 0 unspecified atom stereocenters. The number of nitrogens with zero attached hydrogens (tertiary/aromatic N) is 3. The van der Waals surface area contributed by atoms with Crippen LogP contribution in [0.3, 0.4) is 0 Å². The molecule has 3 heterocycles. The van der Waals surface area contributed by atoms with Crippen molar-refractivity contribution in [2.45, 2.75) is 33.3 Å². The molecule has 9 heteroatoms. The fourth-order valence-corrected chi connectivity index (χ4v) is 2.72. The van der Waals surface area contributed by atoms with E-state index in [1.165, 1.54) is 12.4 Å². The van der Waals surface area contributed by atoms with E-state index in [9.17, 15) is 14.4 Å². The number of rotatable bonds is 4. The van der Waals surface area contributed by atoms with E-state index in [2.05, 4.69) is 15.3 Å². The quantitative estimate of drug-likeness (QED) is 0.657. The van der Waals surface area contributed by atoms with E-state index in [0.29, 0.717) is 11.3 Å². The Morgan fingerprint density at radius 1 is 1.17 bits per heavy atom. The molecule has 0 aromatic carbocycles. The van der Waals surface area contributed by atoms with Gasteiger partial charge >= 0.3 is 12.1 Å². The van der Waals surface area contributed by atoms with Gasteiger partial charge in [0.05, 0.1) is 23.9 Å². The van der Waals surface area contributed by atoms with E-state index >= 15 is 0 Å². The SMILES string of the molecule is CCOC(=O)c1cn(-c2ccc(NC(=O)OC(C)(C)C)nc2)c2ncccc2c1=O. The molecule has 9 nitrogen and oxygen atoms in total. The first-order valence-electron chi connectivity index (χ1n) is 9.33. The molecule has 0 aliphatic heterocycles. The first-order chi connectivity index (χ1) is 14.2. The summed E-state index contributed by atoms with van der Waals surface area (Å²) in [5.41, 5.74) is -0.282. The lowest BCUT2D eigenvalue weighted by molar-refractivity contribution is 0.0523. The van der Waals surface area contributed by atoms with Gasteiger partial charge in [-0.15, -0.1) is 0 Å². The lowest BCUT2D eigenvalue weighted by Crippen LogP contribution is -2.27. The minimum atomic E-state index is -0.710. The summed E-state index contributed by atoms with van der Waals surface area (Å²) in [6.07, 6.45) is 3.80. The van der Waals surface area contributed by atoms with E-state index in [4.69, 9.17) is 9.47 Å². The van der Waals surface area contributed by atoms with Gasteiger partial charge in [0.2, 0.25) is 5.43 Å². The predicted octanol–water partition coefficient (Wildman–Crippen LogP) is 3.30. The van der Waals surface area contributed by atoms with Crippen molar-refractivity contribution < 1.29 is 19.1 Å². The fraction of sp³-hybridized carbons (Fsp3) is 0.286. The number of carbonyl (C=O) groups excluding carboxylic acids is 2. The van der Waals surface area contributed by atoms with Gasteiger partial charge in [-0.05, 0) is 52.0 Å². The number of hydrogen-bond donors (Lipinski definition) is 1. The van der Waals surface area contributed by atoms with Crippen LogP contribution in [-0.2, 0) is 9.47 Å². The Hall–Kier alpha value is -3.75. The zero-order valence-electron chi connectivity index (χ0n) is 17.1. The highest BCUT2D eigenvalue weighted by atomic mass is 16.6. The van der Waals surface area contributed by atoms with E-state index < -0.39 is 23.1 Å². The highest BCUT2D eigenvalue weighted by molar-refractivity contribution is 5.93. The minimum absolute atomic E-state index is 0.103. The number of ether oxygens (including phenoxy) is 2. The number of fused-ring (bicyclic) bond motifs is 1. The van der Waals surface area contributed by atoms with Crippen LogP contribution in [-0.4, -0.2) is 38.8 Å². The lowest BCUT2D eigenvalue weighted by Gasteiger charge is -2.19. The van der Waals surface area contributed by atoms with Gasteiger partial charge in [0.25, 0.3) is 0 Å². The number of anilines is 1. The van der Waals surface area contributed by atoms with Crippen molar-refractivity contribution in [3.05, 3.63) is 58.6 Å². The standard InChI is InChI=1S/C21H22N4O5/c1-5-29-19(27)15-12-25(18-14(17(15)26)7-6-10-22-18)13-8-9-16(23-11-13)24-20(28)30-21(2,3)4/h6-12H,5H2,1-4H3,(H,23,24,28). The van der Waals surface area contributed by atoms with E-state index in [1.54, 1.807) is 62.7 Å². The number of amides is 1. The highest BCUT2D eigenvalue weighted by Gasteiger charge is 2.19. The molecule has 0 aliphatic rings. The summed E-state index contributed by atoms with van der Waals surface area (Å²) in [6.45, 7) is 7.10. The van der Waals surface area contributed by atoms with Gasteiger partial charge in [-0.3, -0.25) is 14.7 Å². The second-order valence-corrected chi connectivity index (χ2v) is 7.37. The molecule has 0 saturated carbocycles. The molecule has 3 rings (SSSR count). The van der Waals surface area contributed by atoms with Crippen LogP contribution in [0.25, 0.3) is 16.7 Å². The van der Waals surface area contributed by atoms with Gasteiger partial charge in [-0.25, -0.2) is 19.6 Å². The zero-order chi connectivity index (χ0) is 21.9. The van der Waals surface area contributed by atoms with Crippen molar-refractivity contribution in [2.75, 3.05) is 11.9 Å². The molecule has 0 fully saturated rings. The average Bonchev–Trinajstić information content (AvgIpc) is 2.68.